The Balaban J connectivity index is 1.91. The second kappa shape index (κ2) is 5.88. The number of aliphatic hydroxyl groups excluding tert-OH is 1. The maximum Gasteiger partial charge on any atom is 0.128 e. The van der Waals surface area contributed by atoms with E-state index in [9.17, 15) is 5.11 Å². The predicted octanol–water partition coefficient (Wildman–Crippen LogP) is 1.93. The quantitative estimate of drug-likeness (QED) is 0.875. The Hall–Kier alpha value is -1.13. The number of nitrogens with zero attached hydrogens (tertiary/aromatic N) is 2. The molecule has 2 N–H and O–H groups in total. The van der Waals surface area contributed by atoms with Crippen LogP contribution in [0.1, 0.15) is 39.2 Å². The van der Waals surface area contributed by atoms with Crippen molar-refractivity contribution in [3.63, 3.8) is 0 Å². The zero-order valence-electron chi connectivity index (χ0n) is 12.2. The second-order valence-corrected chi connectivity index (χ2v) is 6.35. The van der Waals surface area contributed by atoms with Crippen LogP contribution in [-0.2, 0) is 6.54 Å². The van der Waals surface area contributed by atoms with Crippen molar-refractivity contribution in [2.24, 2.45) is 0 Å². The Morgan fingerprint density at radius 1 is 1.32 bits per heavy atom. The van der Waals surface area contributed by atoms with E-state index in [1.165, 1.54) is 5.56 Å². The first kappa shape index (κ1) is 14.3. The molecule has 1 aromatic heterocycles. The van der Waals surface area contributed by atoms with E-state index in [1.807, 2.05) is 6.20 Å². The molecule has 1 aliphatic heterocycles. The lowest BCUT2D eigenvalue weighted by Crippen LogP contribution is -2.36. The van der Waals surface area contributed by atoms with Gasteiger partial charge >= 0.3 is 0 Å². The summed E-state index contributed by atoms with van der Waals surface area (Å²) in [6.45, 7) is 9.12. The molecule has 0 bridgehead atoms. The van der Waals surface area contributed by atoms with E-state index < -0.39 is 0 Å². The lowest BCUT2D eigenvalue weighted by molar-refractivity contribution is 0.145. The van der Waals surface area contributed by atoms with Crippen molar-refractivity contribution < 1.29 is 5.11 Å². The molecule has 2 rings (SSSR count). The summed E-state index contributed by atoms with van der Waals surface area (Å²) >= 11 is 0. The third-order valence-corrected chi connectivity index (χ3v) is 3.42. The number of pyridine rings is 1. The van der Waals surface area contributed by atoms with Crippen LogP contribution in [0.15, 0.2) is 18.3 Å². The monoisotopic (exact) mass is 263 g/mol. The van der Waals surface area contributed by atoms with E-state index in [-0.39, 0.29) is 11.6 Å². The number of piperidine rings is 1. The Labute approximate surface area is 115 Å². The molecule has 4 heteroatoms. The number of aliphatic hydroxyl groups is 1. The van der Waals surface area contributed by atoms with Gasteiger partial charge in [-0.15, -0.1) is 0 Å². The van der Waals surface area contributed by atoms with Crippen LogP contribution in [0.25, 0.3) is 0 Å². The minimum atomic E-state index is -0.133. The fourth-order valence-corrected chi connectivity index (χ4v) is 2.17. The van der Waals surface area contributed by atoms with Crippen molar-refractivity contribution in [3.05, 3.63) is 23.9 Å². The zero-order chi connectivity index (χ0) is 13.9. The molecule has 1 aromatic rings. The van der Waals surface area contributed by atoms with Crippen LogP contribution < -0.4 is 10.2 Å². The molecule has 106 valence electrons. The lowest BCUT2D eigenvalue weighted by atomic mass is 10.1. The number of rotatable bonds is 3. The largest absolute Gasteiger partial charge is 0.393 e. The van der Waals surface area contributed by atoms with Gasteiger partial charge in [-0.1, -0.05) is 6.07 Å². The number of aromatic nitrogens is 1. The van der Waals surface area contributed by atoms with Crippen LogP contribution in [-0.4, -0.2) is 34.8 Å². The van der Waals surface area contributed by atoms with Crippen molar-refractivity contribution in [1.82, 2.24) is 10.3 Å². The second-order valence-electron chi connectivity index (χ2n) is 6.35. The van der Waals surface area contributed by atoms with Gasteiger partial charge in [-0.25, -0.2) is 4.98 Å². The maximum absolute atomic E-state index is 9.51. The molecule has 0 aliphatic carbocycles. The third-order valence-electron chi connectivity index (χ3n) is 3.42. The van der Waals surface area contributed by atoms with Crippen LogP contribution in [0.5, 0.6) is 0 Å². The van der Waals surface area contributed by atoms with Gasteiger partial charge in [0.05, 0.1) is 6.10 Å². The average Bonchev–Trinajstić information content (AvgIpc) is 2.37. The maximum atomic E-state index is 9.51. The van der Waals surface area contributed by atoms with Gasteiger partial charge in [0.2, 0.25) is 0 Å². The summed E-state index contributed by atoms with van der Waals surface area (Å²) in [5.41, 5.74) is 1.33. The lowest BCUT2D eigenvalue weighted by Gasteiger charge is -2.30. The van der Waals surface area contributed by atoms with E-state index in [1.54, 1.807) is 0 Å². The van der Waals surface area contributed by atoms with Crippen molar-refractivity contribution in [2.45, 2.75) is 51.8 Å². The Morgan fingerprint density at radius 2 is 2.00 bits per heavy atom. The van der Waals surface area contributed by atoms with Gasteiger partial charge in [-0.2, -0.15) is 0 Å². The minimum Gasteiger partial charge on any atom is -0.393 e. The summed E-state index contributed by atoms with van der Waals surface area (Å²) in [4.78, 5) is 6.78. The van der Waals surface area contributed by atoms with Gasteiger partial charge in [0.25, 0.3) is 0 Å². The Kier molecular flexibility index (Phi) is 4.42. The highest BCUT2D eigenvalue weighted by Gasteiger charge is 2.17. The first-order chi connectivity index (χ1) is 8.94. The molecular weight excluding hydrogens is 238 g/mol. The molecule has 19 heavy (non-hydrogen) atoms. The normalized spacial score (nSPS) is 17.8. The van der Waals surface area contributed by atoms with E-state index >= 15 is 0 Å². The van der Waals surface area contributed by atoms with Crippen LogP contribution in [0.4, 0.5) is 5.82 Å². The average molecular weight is 263 g/mol. The Bertz CT molecular complexity index is 389. The molecule has 0 unspecified atom stereocenters. The smallest absolute Gasteiger partial charge is 0.128 e. The van der Waals surface area contributed by atoms with Gasteiger partial charge in [-0.3, -0.25) is 0 Å². The summed E-state index contributed by atoms with van der Waals surface area (Å²) < 4.78 is 0. The predicted molar refractivity (Wildman–Crippen MR) is 78.3 cm³/mol. The molecule has 0 saturated carbocycles. The van der Waals surface area contributed by atoms with E-state index in [2.05, 4.69) is 48.1 Å². The van der Waals surface area contributed by atoms with E-state index in [0.717, 1.165) is 38.3 Å². The van der Waals surface area contributed by atoms with Gasteiger partial charge in [0.15, 0.2) is 0 Å². The van der Waals surface area contributed by atoms with Gasteiger partial charge in [0, 0.05) is 31.4 Å². The molecule has 0 aromatic carbocycles. The van der Waals surface area contributed by atoms with Crippen molar-refractivity contribution in [2.75, 3.05) is 18.0 Å². The fourth-order valence-electron chi connectivity index (χ4n) is 2.17. The molecule has 1 aliphatic rings. The van der Waals surface area contributed by atoms with Crippen LogP contribution in [0, 0.1) is 0 Å². The molecule has 4 nitrogen and oxygen atoms in total. The molecule has 0 spiro atoms. The van der Waals surface area contributed by atoms with Gasteiger partial charge < -0.3 is 15.3 Å². The number of anilines is 1. The van der Waals surface area contributed by atoms with Crippen molar-refractivity contribution in [3.8, 4) is 0 Å². The zero-order valence-corrected chi connectivity index (χ0v) is 12.2. The fraction of sp³-hybridized carbons (Fsp3) is 0.667. The van der Waals surface area contributed by atoms with E-state index in [0.29, 0.717) is 0 Å². The molecule has 1 fully saturated rings. The van der Waals surface area contributed by atoms with Crippen LogP contribution >= 0.6 is 0 Å². The summed E-state index contributed by atoms with van der Waals surface area (Å²) in [5.74, 6) is 1.02. The summed E-state index contributed by atoms with van der Waals surface area (Å²) in [7, 11) is 0. The molecule has 0 amide bonds. The highest BCUT2D eigenvalue weighted by atomic mass is 16.3. The summed E-state index contributed by atoms with van der Waals surface area (Å²) in [5, 5.41) is 13.0. The number of hydrogen-bond acceptors (Lipinski definition) is 4. The highest BCUT2D eigenvalue weighted by Crippen LogP contribution is 2.18. The SMILES string of the molecule is CC(C)(C)NCc1ccc(N2CCC(O)CC2)nc1. The molecule has 0 atom stereocenters. The number of nitrogens with one attached hydrogen (secondary N) is 1. The number of hydrogen-bond donors (Lipinski definition) is 2. The first-order valence-electron chi connectivity index (χ1n) is 7.07. The summed E-state index contributed by atoms with van der Waals surface area (Å²) in [6, 6.07) is 4.21. The topological polar surface area (TPSA) is 48.4 Å². The molecular formula is C15H25N3O. The highest BCUT2D eigenvalue weighted by molar-refractivity contribution is 5.39. The van der Waals surface area contributed by atoms with Crippen molar-refractivity contribution >= 4 is 5.82 Å². The minimum absolute atomic E-state index is 0.127. The molecule has 2 heterocycles. The molecule has 1 saturated heterocycles. The van der Waals surface area contributed by atoms with Crippen LogP contribution in [0.3, 0.4) is 0 Å². The van der Waals surface area contributed by atoms with Crippen LogP contribution in [0.2, 0.25) is 0 Å². The summed E-state index contributed by atoms with van der Waals surface area (Å²) in [6.07, 6.45) is 3.50. The van der Waals surface area contributed by atoms with E-state index in [4.69, 9.17) is 0 Å². The Morgan fingerprint density at radius 3 is 2.53 bits per heavy atom. The molecule has 0 radical (unpaired) electrons. The standard InChI is InChI=1S/C15H25N3O/c1-15(2,3)17-11-12-4-5-14(16-10-12)18-8-6-13(19)7-9-18/h4-5,10,13,17,19H,6-9,11H2,1-3H3. The van der Waals surface area contributed by atoms with Crippen molar-refractivity contribution in [1.29, 1.82) is 0 Å². The first-order valence-corrected chi connectivity index (χ1v) is 7.07. The van der Waals surface area contributed by atoms with Gasteiger partial charge in [0.1, 0.15) is 5.82 Å². The van der Waals surface area contributed by atoms with Gasteiger partial charge in [-0.05, 0) is 45.2 Å². The third kappa shape index (κ3) is 4.48.